The van der Waals surface area contributed by atoms with E-state index in [4.69, 9.17) is 9.15 Å². The Balaban J connectivity index is 1.41. The highest BCUT2D eigenvalue weighted by Crippen LogP contribution is 2.14. The van der Waals surface area contributed by atoms with Crippen LogP contribution in [0.5, 0.6) is 5.75 Å². The maximum absolute atomic E-state index is 12.2. The van der Waals surface area contributed by atoms with Crippen molar-refractivity contribution >= 4 is 23.3 Å². The summed E-state index contributed by atoms with van der Waals surface area (Å²) in [5.74, 6) is 0.326. The normalized spacial score (nSPS) is 10.4. The van der Waals surface area contributed by atoms with Gasteiger partial charge in [-0.15, -0.1) is 0 Å². The van der Waals surface area contributed by atoms with Gasteiger partial charge in [0.15, 0.2) is 11.5 Å². The first kappa shape index (κ1) is 21.8. The van der Waals surface area contributed by atoms with Gasteiger partial charge in [0.25, 0.3) is 5.91 Å². The van der Waals surface area contributed by atoms with Gasteiger partial charge in [-0.1, -0.05) is 12.1 Å². The average molecular weight is 420 g/mol. The van der Waals surface area contributed by atoms with E-state index in [0.29, 0.717) is 30.2 Å². The SMILES string of the molecule is CCOc1ccc(C(=O)CCC(=O)NCc2ccc(NC(=O)c3ccco3)cc2)cc1. The highest BCUT2D eigenvalue weighted by Gasteiger charge is 2.11. The molecule has 7 heteroatoms. The number of anilines is 1. The molecule has 3 rings (SSSR count). The van der Waals surface area contributed by atoms with Crippen LogP contribution in [-0.4, -0.2) is 24.2 Å². The molecule has 7 nitrogen and oxygen atoms in total. The number of carbonyl (C=O) groups excluding carboxylic acids is 3. The van der Waals surface area contributed by atoms with Crippen molar-refractivity contribution in [2.45, 2.75) is 26.3 Å². The minimum atomic E-state index is -0.330. The summed E-state index contributed by atoms with van der Waals surface area (Å²) in [5, 5.41) is 5.53. The molecule has 160 valence electrons. The first-order valence-corrected chi connectivity index (χ1v) is 10.0. The van der Waals surface area contributed by atoms with Crippen LogP contribution in [0.3, 0.4) is 0 Å². The third-order valence-corrected chi connectivity index (χ3v) is 4.51. The second kappa shape index (κ2) is 10.8. The second-order valence-corrected chi connectivity index (χ2v) is 6.79. The number of rotatable bonds is 10. The predicted molar refractivity (Wildman–Crippen MR) is 116 cm³/mol. The monoisotopic (exact) mass is 420 g/mol. The van der Waals surface area contributed by atoms with Crippen molar-refractivity contribution in [2.24, 2.45) is 0 Å². The molecule has 2 aromatic carbocycles. The number of benzene rings is 2. The third-order valence-electron chi connectivity index (χ3n) is 4.51. The van der Waals surface area contributed by atoms with E-state index in [0.717, 1.165) is 5.56 Å². The summed E-state index contributed by atoms with van der Waals surface area (Å²) in [4.78, 5) is 36.3. The van der Waals surface area contributed by atoms with Crippen LogP contribution in [0, 0.1) is 0 Å². The number of ketones is 1. The zero-order valence-electron chi connectivity index (χ0n) is 17.2. The van der Waals surface area contributed by atoms with Crippen molar-refractivity contribution in [3.8, 4) is 5.75 Å². The Bertz CT molecular complexity index is 1010. The molecule has 2 N–H and O–H groups in total. The van der Waals surface area contributed by atoms with Crippen molar-refractivity contribution in [1.82, 2.24) is 5.32 Å². The van der Waals surface area contributed by atoms with Crippen LogP contribution in [0.25, 0.3) is 0 Å². The highest BCUT2D eigenvalue weighted by atomic mass is 16.5. The highest BCUT2D eigenvalue weighted by molar-refractivity contribution is 6.02. The average Bonchev–Trinajstić information content (AvgIpc) is 3.33. The van der Waals surface area contributed by atoms with Crippen molar-refractivity contribution < 1.29 is 23.5 Å². The number of amides is 2. The predicted octanol–water partition coefficient (Wildman–Crippen LogP) is 4.21. The first-order valence-electron chi connectivity index (χ1n) is 10.0. The number of ether oxygens (including phenoxy) is 1. The molecular weight excluding hydrogens is 396 g/mol. The van der Waals surface area contributed by atoms with E-state index in [1.165, 1.54) is 6.26 Å². The molecule has 0 radical (unpaired) electrons. The van der Waals surface area contributed by atoms with Crippen LogP contribution in [0.4, 0.5) is 5.69 Å². The van der Waals surface area contributed by atoms with Gasteiger partial charge in [-0.2, -0.15) is 0 Å². The molecule has 0 aliphatic carbocycles. The number of hydrogen-bond donors (Lipinski definition) is 2. The van der Waals surface area contributed by atoms with Crippen molar-refractivity contribution in [3.05, 3.63) is 83.8 Å². The fraction of sp³-hybridized carbons (Fsp3) is 0.208. The molecule has 3 aromatic rings. The van der Waals surface area contributed by atoms with Gasteiger partial charge in [-0.3, -0.25) is 14.4 Å². The number of furan rings is 1. The molecule has 0 unspecified atom stereocenters. The van der Waals surface area contributed by atoms with Gasteiger partial charge in [0.1, 0.15) is 5.75 Å². The molecule has 0 aliphatic rings. The van der Waals surface area contributed by atoms with Crippen molar-refractivity contribution in [1.29, 1.82) is 0 Å². The van der Waals surface area contributed by atoms with E-state index < -0.39 is 0 Å². The lowest BCUT2D eigenvalue weighted by atomic mass is 10.1. The van der Waals surface area contributed by atoms with Crippen LogP contribution in [0.15, 0.2) is 71.3 Å². The lowest BCUT2D eigenvalue weighted by Crippen LogP contribution is -2.23. The van der Waals surface area contributed by atoms with Gasteiger partial charge in [-0.25, -0.2) is 0 Å². The maximum Gasteiger partial charge on any atom is 0.291 e. The van der Waals surface area contributed by atoms with E-state index in [-0.39, 0.29) is 36.2 Å². The van der Waals surface area contributed by atoms with E-state index in [1.807, 2.05) is 19.1 Å². The van der Waals surface area contributed by atoms with Crippen molar-refractivity contribution in [2.75, 3.05) is 11.9 Å². The zero-order valence-corrected chi connectivity index (χ0v) is 17.2. The number of nitrogens with one attached hydrogen (secondary N) is 2. The van der Waals surface area contributed by atoms with Crippen LogP contribution in [-0.2, 0) is 11.3 Å². The molecule has 0 saturated carbocycles. The standard InChI is InChI=1S/C24H24N2O5/c1-2-30-20-11-7-18(8-12-20)21(27)13-14-23(28)25-16-17-5-9-19(10-6-17)26-24(29)22-4-3-15-31-22/h3-12,15H,2,13-14,16H2,1H3,(H,25,28)(H,26,29). The first-order chi connectivity index (χ1) is 15.0. The molecule has 0 spiro atoms. The van der Waals surface area contributed by atoms with E-state index >= 15 is 0 Å². The summed E-state index contributed by atoms with van der Waals surface area (Å²) >= 11 is 0. The van der Waals surface area contributed by atoms with Crippen LogP contribution < -0.4 is 15.4 Å². The van der Waals surface area contributed by atoms with E-state index in [1.54, 1.807) is 48.5 Å². The Morgan fingerprint density at radius 2 is 1.68 bits per heavy atom. The summed E-state index contributed by atoms with van der Waals surface area (Å²) in [7, 11) is 0. The van der Waals surface area contributed by atoms with Gasteiger partial charge >= 0.3 is 0 Å². The van der Waals surface area contributed by atoms with Crippen LogP contribution in [0.1, 0.15) is 46.2 Å². The maximum atomic E-state index is 12.2. The third kappa shape index (κ3) is 6.57. The number of hydrogen-bond acceptors (Lipinski definition) is 5. The van der Waals surface area contributed by atoms with Crippen molar-refractivity contribution in [3.63, 3.8) is 0 Å². The molecular formula is C24H24N2O5. The topological polar surface area (TPSA) is 97.6 Å². The molecule has 1 aromatic heterocycles. The lowest BCUT2D eigenvalue weighted by Gasteiger charge is -2.08. The van der Waals surface area contributed by atoms with E-state index in [9.17, 15) is 14.4 Å². The summed E-state index contributed by atoms with van der Waals surface area (Å²) in [6, 6.07) is 17.2. The smallest absolute Gasteiger partial charge is 0.291 e. The molecule has 0 saturated heterocycles. The molecule has 0 atom stereocenters. The molecule has 0 fully saturated rings. The van der Waals surface area contributed by atoms with Gasteiger partial charge in [-0.05, 0) is 61.0 Å². The molecule has 0 bridgehead atoms. The summed E-state index contributed by atoms with van der Waals surface area (Å²) in [6.45, 7) is 2.80. The molecule has 1 heterocycles. The largest absolute Gasteiger partial charge is 0.494 e. The van der Waals surface area contributed by atoms with Gasteiger partial charge in [0, 0.05) is 30.6 Å². The Hall–Kier alpha value is -3.87. The minimum Gasteiger partial charge on any atom is -0.494 e. The van der Waals surface area contributed by atoms with Gasteiger partial charge in [0.05, 0.1) is 12.9 Å². The Kier molecular flexibility index (Phi) is 7.59. The molecule has 31 heavy (non-hydrogen) atoms. The zero-order chi connectivity index (χ0) is 22.1. The molecule has 0 aliphatic heterocycles. The second-order valence-electron chi connectivity index (χ2n) is 6.79. The van der Waals surface area contributed by atoms with Gasteiger partial charge in [0.2, 0.25) is 5.91 Å². The van der Waals surface area contributed by atoms with Crippen LogP contribution in [0.2, 0.25) is 0 Å². The lowest BCUT2D eigenvalue weighted by molar-refractivity contribution is -0.121. The summed E-state index contributed by atoms with van der Waals surface area (Å²) in [6.07, 6.45) is 1.69. The number of Topliss-reactive ketones (excluding diaryl/α,β-unsaturated/α-hetero) is 1. The Morgan fingerprint density at radius 1 is 0.935 bits per heavy atom. The fourth-order valence-electron chi connectivity index (χ4n) is 2.87. The van der Waals surface area contributed by atoms with Gasteiger partial charge < -0.3 is 19.8 Å². The number of carbonyl (C=O) groups is 3. The van der Waals surface area contributed by atoms with E-state index in [2.05, 4.69) is 10.6 Å². The minimum absolute atomic E-state index is 0.0881. The fourth-order valence-corrected chi connectivity index (χ4v) is 2.87. The van der Waals surface area contributed by atoms with Crippen LogP contribution >= 0.6 is 0 Å². The Morgan fingerprint density at radius 3 is 2.32 bits per heavy atom. The summed E-state index contributed by atoms with van der Waals surface area (Å²) < 4.78 is 10.4. The summed E-state index contributed by atoms with van der Waals surface area (Å²) in [5.41, 5.74) is 2.06. The molecule has 2 amide bonds. The Labute approximate surface area is 180 Å². The quantitative estimate of drug-likeness (QED) is 0.479.